The first-order chi connectivity index (χ1) is 15.7. The molecule has 0 saturated heterocycles. The number of benzene rings is 1. The Morgan fingerprint density at radius 3 is 2.64 bits per heavy atom. The Hall–Kier alpha value is -2.38. The van der Waals surface area contributed by atoms with Crippen molar-refractivity contribution in [1.82, 2.24) is 4.98 Å². The first kappa shape index (κ1) is 25.2. The van der Waals surface area contributed by atoms with Crippen molar-refractivity contribution in [3.05, 3.63) is 35.7 Å². The quantitative estimate of drug-likeness (QED) is 0.462. The molecule has 1 aromatic carbocycles. The zero-order chi connectivity index (χ0) is 24.0. The molecule has 1 fully saturated rings. The van der Waals surface area contributed by atoms with Crippen molar-refractivity contribution in [2.24, 2.45) is 11.8 Å². The van der Waals surface area contributed by atoms with Crippen molar-refractivity contribution in [3.63, 3.8) is 0 Å². The van der Waals surface area contributed by atoms with Crippen LogP contribution in [0.5, 0.6) is 5.75 Å². The average molecular weight is 460 g/mol. The lowest BCUT2D eigenvalue weighted by Crippen LogP contribution is -2.37. The highest BCUT2D eigenvalue weighted by Crippen LogP contribution is 2.32. The van der Waals surface area contributed by atoms with Crippen molar-refractivity contribution < 1.29 is 28.5 Å². The summed E-state index contributed by atoms with van der Waals surface area (Å²) in [6, 6.07) is 7.69. The Bertz CT molecular complexity index is 919. The predicted octanol–water partition coefficient (Wildman–Crippen LogP) is 5.68. The molecule has 33 heavy (non-hydrogen) atoms. The lowest BCUT2D eigenvalue weighted by atomic mass is 9.82. The summed E-state index contributed by atoms with van der Waals surface area (Å²) in [5.74, 6) is 2.25. The summed E-state index contributed by atoms with van der Waals surface area (Å²) in [4.78, 5) is 16.0. The second-order valence-electron chi connectivity index (χ2n) is 9.76. The van der Waals surface area contributed by atoms with Crippen molar-refractivity contribution in [1.29, 1.82) is 0 Å². The molecule has 0 spiro atoms. The van der Waals surface area contributed by atoms with Crippen LogP contribution in [-0.2, 0) is 20.9 Å². The van der Waals surface area contributed by atoms with Gasteiger partial charge in [-0.1, -0.05) is 26.3 Å². The number of hydrogen-bond donors (Lipinski definition) is 1. The summed E-state index contributed by atoms with van der Waals surface area (Å²) in [6.07, 6.45) is 4.28. The lowest BCUT2D eigenvalue weighted by molar-refractivity contribution is -0.163. The third kappa shape index (κ3) is 6.81. The maximum atomic E-state index is 11.3. The molecular weight excluding hydrogens is 422 g/mol. The van der Waals surface area contributed by atoms with Gasteiger partial charge in [0.15, 0.2) is 5.60 Å². The summed E-state index contributed by atoms with van der Waals surface area (Å²) in [6.45, 7) is 8.90. The molecule has 7 nitrogen and oxygen atoms in total. The van der Waals surface area contributed by atoms with E-state index in [4.69, 9.17) is 23.6 Å². The number of carboxylic acid groups (broad SMARTS) is 1. The summed E-state index contributed by atoms with van der Waals surface area (Å²) in [5.41, 5.74) is 0.563. The highest BCUT2D eigenvalue weighted by molar-refractivity contribution is 5.76. The SMILES string of the molecule is COc1cccc(-c2nc(COC[C@H]3CCCC(COC(C)(C)C(=O)O)C3)c(C(C)C)o2)c1. The standard InChI is InChI=1S/C26H37NO6/c1-17(2)23-22(27-24(33-23)20-10-7-11-21(13-20)30-5)16-31-14-18-8-6-9-19(12-18)15-32-26(3,4)25(28)29/h7,10-11,13,17-19H,6,8-9,12,14-16H2,1-5H3,(H,28,29)/t18-,19?/m0/s1. The molecule has 1 aliphatic carbocycles. The lowest BCUT2D eigenvalue weighted by Gasteiger charge is -2.31. The number of carboxylic acids is 1. The molecular formula is C26H37NO6. The summed E-state index contributed by atoms with van der Waals surface area (Å²) >= 11 is 0. The zero-order valence-electron chi connectivity index (χ0n) is 20.4. The van der Waals surface area contributed by atoms with E-state index in [0.717, 1.165) is 48.5 Å². The molecule has 0 aliphatic heterocycles. The average Bonchev–Trinajstić information content (AvgIpc) is 3.23. The van der Waals surface area contributed by atoms with Gasteiger partial charge in [0.05, 0.1) is 20.3 Å². The van der Waals surface area contributed by atoms with Crippen LogP contribution >= 0.6 is 0 Å². The van der Waals surface area contributed by atoms with Gasteiger partial charge < -0.3 is 23.7 Å². The molecule has 182 valence electrons. The van der Waals surface area contributed by atoms with Crippen LogP contribution in [0.1, 0.15) is 70.8 Å². The highest BCUT2D eigenvalue weighted by Gasteiger charge is 2.31. The molecule has 2 atom stereocenters. The molecule has 1 heterocycles. The van der Waals surface area contributed by atoms with Crippen LogP contribution in [0.3, 0.4) is 0 Å². The van der Waals surface area contributed by atoms with Crippen molar-refractivity contribution in [3.8, 4) is 17.2 Å². The van der Waals surface area contributed by atoms with Gasteiger partial charge in [0.2, 0.25) is 5.89 Å². The highest BCUT2D eigenvalue weighted by atomic mass is 16.5. The van der Waals surface area contributed by atoms with Gasteiger partial charge in [-0.3, -0.25) is 0 Å². The van der Waals surface area contributed by atoms with E-state index in [1.54, 1.807) is 21.0 Å². The van der Waals surface area contributed by atoms with Gasteiger partial charge in [0.25, 0.3) is 0 Å². The van der Waals surface area contributed by atoms with Crippen molar-refractivity contribution >= 4 is 5.97 Å². The first-order valence-corrected chi connectivity index (χ1v) is 11.8. The van der Waals surface area contributed by atoms with E-state index in [0.29, 0.717) is 37.5 Å². The number of nitrogens with zero attached hydrogens (tertiary/aromatic N) is 1. The van der Waals surface area contributed by atoms with E-state index in [1.165, 1.54) is 0 Å². The largest absolute Gasteiger partial charge is 0.497 e. The topological polar surface area (TPSA) is 91.0 Å². The molecule has 7 heteroatoms. The van der Waals surface area contributed by atoms with Crippen LogP contribution in [0, 0.1) is 11.8 Å². The maximum Gasteiger partial charge on any atom is 0.335 e. The molecule has 1 N–H and O–H groups in total. The van der Waals surface area contributed by atoms with E-state index in [1.807, 2.05) is 24.3 Å². The second-order valence-corrected chi connectivity index (χ2v) is 9.76. The zero-order valence-corrected chi connectivity index (χ0v) is 20.4. The number of methoxy groups -OCH3 is 1. The fourth-order valence-electron chi connectivity index (χ4n) is 4.21. The molecule has 1 unspecified atom stereocenters. The van der Waals surface area contributed by atoms with Crippen LogP contribution in [0.2, 0.25) is 0 Å². The number of aromatic nitrogens is 1. The van der Waals surface area contributed by atoms with E-state index in [9.17, 15) is 9.90 Å². The van der Waals surface area contributed by atoms with Gasteiger partial charge in [0.1, 0.15) is 17.2 Å². The molecule has 1 aliphatic rings. The van der Waals surface area contributed by atoms with Crippen molar-refractivity contribution in [2.75, 3.05) is 20.3 Å². The van der Waals surface area contributed by atoms with Crippen LogP contribution in [0.15, 0.2) is 28.7 Å². The van der Waals surface area contributed by atoms with Gasteiger partial charge in [-0.25, -0.2) is 9.78 Å². The number of rotatable bonds is 11. The second kappa shape index (κ2) is 11.2. The summed E-state index contributed by atoms with van der Waals surface area (Å²) in [5, 5.41) is 9.24. The van der Waals surface area contributed by atoms with Crippen LogP contribution in [0.25, 0.3) is 11.5 Å². The molecule has 0 amide bonds. The number of oxazole rings is 1. The van der Waals surface area contributed by atoms with Crippen LogP contribution in [0.4, 0.5) is 0 Å². The Morgan fingerprint density at radius 2 is 1.97 bits per heavy atom. The molecule has 3 rings (SSSR count). The Labute approximate surface area is 196 Å². The molecule has 0 radical (unpaired) electrons. The fraction of sp³-hybridized carbons (Fsp3) is 0.615. The smallest absolute Gasteiger partial charge is 0.335 e. The van der Waals surface area contributed by atoms with Crippen LogP contribution in [-0.4, -0.2) is 42.0 Å². The summed E-state index contributed by atoms with van der Waals surface area (Å²) < 4.78 is 23.2. The number of ether oxygens (including phenoxy) is 3. The Balaban J connectivity index is 1.56. The molecule has 2 aromatic rings. The van der Waals surface area contributed by atoms with Gasteiger partial charge in [-0.05, 0) is 63.1 Å². The van der Waals surface area contributed by atoms with Gasteiger partial charge in [-0.15, -0.1) is 0 Å². The number of carbonyl (C=O) groups is 1. The molecule has 1 aromatic heterocycles. The van der Waals surface area contributed by atoms with E-state index >= 15 is 0 Å². The third-order valence-corrected chi connectivity index (χ3v) is 6.25. The van der Waals surface area contributed by atoms with E-state index < -0.39 is 11.6 Å². The monoisotopic (exact) mass is 459 g/mol. The van der Waals surface area contributed by atoms with Gasteiger partial charge in [-0.2, -0.15) is 0 Å². The number of aliphatic carboxylic acids is 1. The predicted molar refractivity (Wildman–Crippen MR) is 125 cm³/mol. The minimum Gasteiger partial charge on any atom is -0.497 e. The Morgan fingerprint density at radius 1 is 1.24 bits per heavy atom. The fourth-order valence-corrected chi connectivity index (χ4v) is 4.21. The minimum atomic E-state index is -1.15. The van der Waals surface area contributed by atoms with Crippen molar-refractivity contribution in [2.45, 2.75) is 71.5 Å². The molecule has 1 saturated carbocycles. The van der Waals surface area contributed by atoms with Gasteiger partial charge >= 0.3 is 5.97 Å². The van der Waals surface area contributed by atoms with Crippen LogP contribution < -0.4 is 4.74 Å². The van der Waals surface area contributed by atoms with E-state index in [2.05, 4.69) is 13.8 Å². The Kier molecular flexibility index (Phi) is 8.54. The third-order valence-electron chi connectivity index (χ3n) is 6.25. The minimum absolute atomic E-state index is 0.198. The summed E-state index contributed by atoms with van der Waals surface area (Å²) in [7, 11) is 1.64. The maximum absolute atomic E-state index is 11.3. The molecule has 0 bridgehead atoms. The first-order valence-electron chi connectivity index (χ1n) is 11.8. The normalized spacial score (nSPS) is 19.1. The van der Waals surface area contributed by atoms with Gasteiger partial charge in [0, 0.05) is 18.1 Å². The number of hydrogen-bond acceptors (Lipinski definition) is 6. The van der Waals surface area contributed by atoms with E-state index in [-0.39, 0.29) is 5.92 Å².